The van der Waals surface area contributed by atoms with Crippen LogP contribution in [0.1, 0.15) is 16.9 Å². The molecule has 1 aliphatic rings. The first-order chi connectivity index (χ1) is 11.2. The third kappa shape index (κ3) is 3.60. The van der Waals surface area contributed by atoms with Gasteiger partial charge in [0.15, 0.2) is 11.9 Å². The number of nitrogens with one attached hydrogen (secondary N) is 1. The Kier molecular flexibility index (Phi) is 4.44. The molecular weight excluding hydrogens is 316 g/mol. The summed E-state index contributed by atoms with van der Waals surface area (Å²) >= 11 is 5.94. The number of amides is 1. The number of likely N-dealkylation sites (tertiary alicyclic amines) is 1. The van der Waals surface area contributed by atoms with Crippen molar-refractivity contribution in [1.82, 2.24) is 25.2 Å². The van der Waals surface area contributed by atoms with Crippen LogP contribution in [0.2, 0.25) is 5.02 Å². The molecule has 3 rings (SSSR count). The fourth-order valence-electron chi connectivity index (χ4n) is 2.53. The smallest absolute Gasteiger partial charge is 0.273 e. The van der Waals surface area contributed by atoms with Gasteiger partial charge in [0.25, 0.3) is 5.91 Å². The molecule has 2 heterocycles. The molecule has 1 N–H and O–H groups in total. The van der Waals surface area contributed by atoms with Gasteiger partial charge in [0.05, 0.1) is 11.9 Å². The average Bonchev–Trinajstić information content (AvgIpc) is 3.22. The van der Waals surface area contributed by atoms with Crippen molar-refractivity contribution >= 4 is 17.5 Å². The lowest BCUT2D eigenvalue weighted by molar-refractivity contribution is 0.0942. The summed E-state index contributed by atoms with van der Waals surface area (Å²) in [4.78, 5) is 13.8. The second-order valence-electron chi connectivity index (χ2n) is 5.44. The summed E-state index contributed by atoms with van der Waals surface area (Å²) in [5.74, 6) is 0.0234. The summed E-state index contributed by atoms with van der Waals surface area (Å²) in [5.41, 5.74) is 0.990. The fraction of sp³-hybridized carbons (Fsp3) is 0.333. The first kappa shape index (κ1) is 15.3. The van der Waals surface area contributed by atoms with Crippen LogP contribution < -0.4 is 5.32 Å². The van der Waals surface area contributed by atoms with Gasteiger partial charge in [-0.25, -0.2) is 4.68 Å². The van der Waals surface area contributed by atoms with Gasteiger partial charge in [0.1, 0.15) is 0 Å². The van der Waals surface area contributed by atoms with Crippen LogP contribution in [0, 0.1) is 17.4 Å². The number of nitriles is 1. The average molecular weight is 331 g/mol. The van der Waals surface area contributed by atoms with Crippen LogP contribution in [0.3, 0.4) is 0 Å². The van der Waals surface area contributed by atoms with Gasteiger partial charge < -0.3 is 10.2 Å². The minimum atomic E-state index is -0.270. The zero-order valence-corrected chi connectivity index (χ0v) is 13.1. The molecule has 0 saturated carbocycles. The summed E-state index contributed by atoms with van der Waals surface area (Å²) in [6.07, 6.45) is 4.60. The molecule has 1 aromatic carbocycles. The summed E-state index contributed by atoms with van der Waals surface area (Å²) in [7, 11) is 0. The molecule has 1 fully saturated rings. The van der Waals surface area contributed by atoms with Crippen molar-refractivity contribution in [1.29, 1.82) is 5.26 Å². The maximum Gasteiger partial charge on any atom is 0.273 e. The lowest BCUT2D eigenvalue weighted by atomic mass is 10.1. The third-order valence-corrected chi connectivity index (χ3v) is 4.01. The lowest BCUT2D eigenvalue weighted by Crippen LogP contribution is -2.30. The van der Waals surface area contributed by atoms with Gasteiger partial charge in [0, 0.05) is 24.7 Å². The predicted octanol–water partition coefficient (Wildman–Crippen LogP) is 1.45. The van der Waals surface area contributed by atoms with E-state index >= 15 is 0 Å². The number of hydrogen-bond acceptors (Lipinski definition) is 5. The molecule has 1 aliphatic heterocycles. The van der Waals surface area contributed by atoms with Crippen molar-refractivity contribution in [3.8, 4) is 11.9 Å². The third-order valence-electron chi connectivity index (χ3n) is 3.78. The molecule has 118 valence electrons. The Bertz CT molecular complexity index is 752. The molecule has 1 amide bonds. The highest BCUT2D eigenvalue weighted by atomic mass is 35.5. The molecule has 1 aromatic heterocycles. The maximum atomic E-state index is 12.1. The molecule has 1 atom stereocenters. The normalized spacial score (nSPS) is 17.0. The second kappa shape index (κ2) is 6.67. The van der Waals surface area contributed by atoms with Gasteiger partial charge in [-0.15, -0.1) is 5.10 Å². The molecule has 0 radical (unpaired) electrons. The zero-order valence-electron chi connectivity index (χ0n) is 12.3. The quantitative estimate of drug-likeness (QED) is 0.857. The molecule has 8 heteroatoms. The molecule has 1 unspecified atom stereocenters. The molecule has 0 aliphatic carbocycles. The van der Waals surface area contributed by atoms with Gasteiger partial charge in [0.2, 0.25) is 0 Å². The number of carbonyl (C=O) groups is 1. The van der Waals surface area contributed by atoms with E-state index in [0.29, 0.717) is 24.0 Å². The SMILES string of the molecule is N#CN1CCC(CNC(=O)c2cn(-c3cccc(Cl)c3)nn2)C1. The highest BCUT2D eigenvalue weighted by Crippen LogP contribution is 2.15. The van der Waals surface area contributed by atoms with E-state index < -0.39 is 0 Å². The Labute approximate surface area is 138 Å². The largest absolute Gasteiger partial charge is 0.350 e. The number of halogens is 1. The van der Waals surface area contributed by atoms with Gasteiger partial charge in [-0.2, -0.15) is 5.26 Å². The Hall–Kier alpha value is -2.59. The fourth-order valence-corrected chi connectivity index (χ4v) is 2.71. The van der Waals surface area contributed by atoms with Crippen molar-refractivity contribution in [2.75, 3.05) is 19.6 Å². The van der Waals surface area contributed by atoms with Crippen molar-refractivity contribution < 1.29 is 4.79 Å². The summed E-state index contributed by atoms with van der Waals surface area (Å²) in [5, 5.41) is 20.1. The van der Waals surface area contributed by atoms with Crippen LogP contribution >= 0.6 is 11.6 Å². The topological polar surface area (TPSA) is 86.8 Å². The lowest BCUT2D eigenvalue weighted by Gasteiger charge is -2.09. The van der Waals surface area contributed by atoms with Crippen molar-refractivity contribution in [3.05, 3.63) is 41.2 Å². The Morgan fingerprint density at radius 3 is 3.13 bits per heavy atom. The Morgan fingerprint density at radius 1 is 1.52 bits per heavy atom. The minimum Gasteiger partial charge on any atom is -0.350 e. The van der Waals surface area contributed by atoms with E-state index in [2.05, 4.69) is 21.8 Å². The van der Waals surface area contributed by atoms with Crippen LogP contribution in [0.25, 0.3) is 5.69 Å². The number of aromatic nitrogens is 3. The summed E-state index contributed by atoms with van der Waals surface area (Å²) < 4.78 is 1.51. The first-order valence-electron chi connectivity index (χ1n) is 7.27. The molecule has 0 spiro atoms. The van der Waals surface area contributed by atoms with E-state index in [1.165, 1.54) is 4.68 Å². The highest BCUT2D eigenvalue weighted by Gasteiger charge is 2.22. The first-order valence-corrected chi connectivity index (χ1v) is 7.64. The van der Waals surface area contributed by atoms with Crippen LogP contribution in [-0.2, 0) is 0 Å². The highest BCUT2D eigenvalue weighted by molar-refractivity contribution is 6.30. The molecule has 23 heavy (non-hydrogen) atoms. The summed E-state index contributed by atoms with van der Waals surface area (Å²) in [6, 6.07) is 7.14. The van der Waals surface area contributed by atoms with E-state index in [9.17, 15) is 4.79 Å². The van der Waals surface area contributed by atoms with Crippen molar-refractivity contribution in [2.45, 2.75) is 6.42 Å². The monoisotopic (exact) mass is 330 g/mol. The van der Waals surface area contributed by atoms with Crippen LogP contribution in [0.4, 0.5) is 0 Å². The summed E-state index contributed by atoms with van der Waals surface area (Å²) in [6.45, 7) is 1.97. The van der Waals surface area contributed by atoms with Crippen LogP contribution in [0.15, 0.2) is 30.5 Å². The number of hydrogen-bond donors (Lipinski definition) is 1. The number of nitrogens with zero attached hydrogens (tertiary/aromatic N) is 5. The van der Waals surface area contributed by atoms with E-state index in [1.54, 1.807) is 29.3 Å². The molecule has 0 bridgehead atoms. The predicted molar refractivity (Wildman–Crippen MR) is 84.0 cm³/mol. The van der Waals surface area contributed by atoms with Gasteiger partial charge in [-0.3, -0.25) is 4.79 Å². The zero-order chi connectivity index (χ0) is 16.2. The van der Waals surface area contributed by atoms with E-state index in [0.717, 1.165) is 18.7 Å². The van der Waals surface area contributed by atoms with Crippen LogP contribution in [-0.4, -0.2) is 45.4 Å². The number of benzene rings is 1. The van der Waals surface area contributed by atoms with Gasteiger partial charge in [-0.05, 0) is 30.5 Å². The van der Waals surface area contributed by atoms with Gasteiger partial charge >= 0.3 is 0 Å². The van der Waals surface area contributed by atoms with E-state index in [1.807, 2.05) is 6.07 Å². The molecule has 2 aromatic rings. The second-order valence-corrected chi connectivity index (χ2v) is 5.88. The standard InChI is InChI=1S/C15H15ClN6O/c16-12-2-1-3-13(6-12)22-9-14(19-20-22)15(23)18-7-11-4-5-21(8-11)10-17/h1-3,6,9,11H,4-5,7-8H2,(H,18,23). The number of carbonyl (C=O) groups excluding carboxylic acids is 1. The minimum absolute atomic E-state index is 0.250. The van der Waals surface area contributed by atoms with Crippen molar-refractivity contribution in [2.24, 2.45) is 5.92 Å². The number of rotatable bonds is 4. The van der Waals surface area contributed by atoms with E-state index in [-0.39, 0.29) is 11.6 Å². The van der Waals surface area contributed by atoms with Crippen molar-refractivity contribution in [3.63, 3.8) is 0 Å². The molecule has 7 nitrogen and oxygen atoms in total. The van der Waals surface area contributed by atoms with Gasteiger partial charge in [-0.1, -0.05) is 22.9 Å². The maximum absolute atomic E-state index is 12.1. The molecular formula is C15H15ClN6O. The molecule has 1 saturated heterocycles. The van der Waals surface area contributed by atoms with E-state index in [4.69, 9.17) is 16.9 Å². The van der Waals surface area contributed by atoms with Crippen LogP contribution in [0.5, 0.6) is 0 Å². The Morgan fingerprint density at radius 2 is 2.39 bits per heavy atom. The Balaban J connectivity index is 1.60.